The monoisotopic (exact) mass is 281 g/mol. The Balaban J connectivity index is 2.14. The summed E-state index contributed by atoms with van der Waals surface area (Å²) in [5.74, 6) is 1.00. The molecule has 0 aliphatic rings. The molecule has 1 unspecified atom stereocenters. The van der Waals surface area contributed by atoms with E-state index in [1.54, 1.807) is 7.11 Å². The number of aromatic nitrogens is 1. The van der Waals surface area contributed by atoms with Crippen LogP contribution in [0.25, 0.3) is 10.9 Å². The fourth-order valence-electron chi connectivity index (χ4n) is 2.82. The minimum Gasteiger partial charge on any atom is -0.497 e. The Morgan fingerprint density at radius 2 is 1.90 bits per heavy atom. The molecule has 3 nitrogen and oxygen atoms in total. The summed E-state index contributed by atoms with van der Waals surface area (Å²) in [6.45, 7) is 2.16. The summed E-state index contributed by atoms with van der Waals surface area (Å²) >= 11 is 0. The second kappa shape index (κ2) is 5.62. The van der Waals surface area contributed by atoms with Crippen molar-refractivity contribution in [3.8, 4) is 5.75 Å². The molecule has 1 aromatic heterocycles. The summed E-state index contributed by atoms with van der Waals surface area (Å²) < 4.78 is 5.28. The van der Waals surface area contributed by atoms with Gasteiger partial charge < -0.3 is 14.8 Å². The van der Waals surface area contributed by atoms with E-state index in [-0.39, 0.29) is 12.5 Å². The zero-order valence-electron chi connectivity index (χ0n) is 12.3. The van der Waals surface area contributed by atoms with Gasteiger partial charge >= 0.3 is 0 Å². The van der Waals surface area contributed by atoms with Gasteiger partial charge in [-0.05, 0) is 23.8 Å². The minimum atomic E-state index is 0.0136. The maximum Gasteiger partial charge on any atom is 0.119 e. The predicted molar refractivity (Wildman–Crippen MR) is 84.7 cm³/mol. The average Bonchev–Trinajstić information content (AvgIpc) is 2.92. The number of fused-ring (bicyclic) bond motifs is 1. The Morgan fingerprint density at radius 3 is 2.57 bits per heavy atom. The SMILES string of the molecule is COc1ccc2[nH]c(C(C)c3ccccc3)c(CO)c2c1. The second-order valence-corrected chi connectivity index (χ2v) is 5.22. The van der Waals surface area contributed by atoms with E-state index in [0.29, 0.717) is 0 Å². The topological polar surface area (TPSA) is 45.2 Å². The molecule has 3 aromatic rings. The van der Waals surface area contributed by atoms with E-state index in [9.17, 15) is 5.11 Å². The standard InChI is InChI=1S/C18H19NO2/c1-12(13-6-4-3-5-7-13)18-16(11-20)15-10-14(21-2)8-9-17(15)19-18/h3-10,12,19-20H,11H2,1-2H3. The normalized spacial score (nSPS) is 12.5. The molecular weight excluding hydrogens is 262 g/mol. The molecule has 3 heteroatoms. The van der Waals surface area contributed by atoms with Gasteiger partial charge in [0, 0.05) is 28.1 Å². The summed E-state index contributed by atoms with van der Waals surface area (Å²) in [6.07, 6.45) is 0. The maximum absolute atomic E-state index is 9.80. The summed E-state index contributed by atoms with van der Waals surface area (Å²) in [5, 5.41) is 10.8. The van der Waals surface area contributed by atoms with Gasteiger partial charge in [-0.25, -0.2) is 0 Å². The Bertz CT molecular complexity index is 747. The smallest absolute Gasteiger partial charge is 0.119 e. The quantitative estimate of drug-likeness (QED) is 0.763. The highest BCUT2D eigenvalue weighted by Gasteiger charge is 2.17. The molecule has 0 aliphatic heterocycles. The zero-order chi connectivity index (χ0) is 14.8. The number of aromatic amines is 1. The third-order valence-corrected chi connectivity index (χ3v) is 4.04. The number of aliphatic hydroxyl groups is 1. The van der Waals surface area contributed by atoms with Crippen molar-refractivity contribution in [2.75, 3.05) is 7.11 Å². The summed E-state index contributed by atoms with van der Waals surface area (Å²) in [7, 11) is 1.65. The number of hydrogen-bond donors (Lipinski definition) is 2. The van der Waals surface area contributed by atoms with Crippen LogP contribution in [-0.4, -0.2) is 17.2 Å². The molecule has 108 valence electrons. The van der Waals surface area contributed by atoms with Crippen molar-refractivity contribution in [1.29, 1.82) is 0 Å². The van der Waals surface area contributed by atoms with Gasteiger partial charge in [-0.15, -0.1) is 0 Å². The molecule has 2 aromatic carbocycles. The number of hydrogen-bond acceptors (Lipinski definition) is 2. The van der Waals surface area contributed by atoms with Crippen molar-refractivity contribution >= 4 is 10.9 Å². The molecule has 0 radical (unpaired) electrons. The first-order valence-corrected chi connectivity index (χ1v) is 7.09. The number of benzene rings is 2. The summed E-state index contributed by atoms with van der Waals surface area (Å²) in [4.78, 5) is 3.45. The maximum atomic E-state index is 9.80. The van der Waals surface area contributed by atoms with Crippen LogP contribution in [0.5, 0.6) is 5.75 Å². The number of H-pyrrole nitrogens is 1. The highest BCUT2D eigenvalue weighted by molar-refractivity contribution is 5.86. The van der Waals surface area contributed by atoms with Crippen molar-refractivity contribution in [3.63, 3.8) is 0 Å². The van der Waals surface area contributed by atoms with Crippen LogP contribution in [0.1, 0.15) is 29.7 Å². The van der Waals surface area contributed by atoms with E-state index in [1.807, 2.05) is 36.4 Å². The molecule has 1 heterocycles. The van der Waals surface area contributed by atoms with Crippen molar-refractivity contribution < 1.29 is 9.84 Å². The number of nitrogens with one attached hydrogen (secondary N) is 1. The van der Waals surface area contributed by atoms with Crippen molar-refractivity contribution in [3.05, 3.63) is 65.4 Å². The van der Waals surface area contributed by atoms with Crippen LogP contribution in [0, 0.1) is 0 Å². The van der Waals surface area contributed by atoms with Gasteiger partial charge in [0.2, 0.25) is 0 Å². The van der Waals surface area contributed by atoms with Crippen LogP contribution < -0.4 is 4.74 Å². The lowest BCUT2D eigenvalue weighted by atomic mass is 9.95. The summed E-state index contributed by atoms with van der Waals surface area (Å²) in [5.41, 5.74) is 4.26. The van der Waals surface area contributed by atoms with Gasteiger partial charge in [0.25, 0.3) is 0 Å². The molecule has 0 amide bonds. The van der Waals surface area contributed by atoms with Gasteiger partial charge in [0.1, 0.15) is 5.75 Å². The third kappa shape index (κ3) is 2.41. The van der Waals surface area contributed by atoms with Crippen molar-refractivity contribution in [2.24, 2.45) is 0 Å². The van der Waals surface area contributed by atoms with Crippen molar-refractivity contribution in [1.82, 2.24) is 4.98 Å². The van der Waals surface area contributed by atoms with Gasteiger partial charge in [0.15, 0.2) is 0 Å². The molecule has 1 atom stereocenters. The van der Waals surface area contributed by atoms with Gasteiger partial charge in [-0.1, -0.05) is 37.3 Å². The lowest BCUT2D eigenvalue weighted by Crippen LogP contribution is -2.00. The van der Waals surface area contributed by atoms with E-state index in [0.717, 1.165) is 27.9 Å². The molecule has 21 heavy (non-hydrogen) atoms. The first-order valence-electron chi connectivity index (χ1n) is 7.09. The fraction of sp³-hybridized carbons (Fsp3) is 0.222. The second-order valence-electron chi connectivity index (χ2n) is 5.22. The lowest BCUT2D eigenvalue weighted by molar-refractivity contribution is 0.282. The Hall–Kier alpha value is -2.26. The van der Waals surface area contributed by atoms with Crippen LogP contribution in [0.4, 0.5) is 0 Å². The predicted octanol–water partition coefficient (Wildman–Crippen LogP) is 3.82. The molecular formula is C18H19NO2. The first kappa shape index (κ1) is 13.7. The van der Waals surface area contributed by atoms with Crippen molar-refractivity contribution in [2.45, 2.75) is 19.4 Å². The molecule has 2 N–H and O–H groups in total. The van der Waals surface area contributed by atoms with Gasteiger partial charge in [-0.3, -0.25) is 0 Å². The summed E-state index contributed by atoms with van der Waals surface area (Å²) in [6, 6.07) is 16.2. The van der Waals surface area contributed by atoms with E-state index < -0.39 is 0 Å². The van der Waals surface area contributed by atoms with Gasteiger partial charge in [-0.2, -0.15) is 0 Å². The first-order chi connectivity index (χ1) is 10.2. The van der Waals surface area contributed by atoms with Crippen LogP contribution in [-0.2, 0) is 6.61 Å². The average molecular weight is 281 g/mol. The van der Waals surface area contributed by atoms with E-state index >= 15 is 0 Å². The zero-order valence-corrected chi connectivity index (χ0v) is 12.3. The molecule has 0 spiro atoms. The van der Waals surface area contributed by atoms with E-state index in [2.05, 4.69) is 24.0 Å². The number of aliphatic hydroxyl groups excluding tert-OH is 1. The molecule has 0 saturated heterocycles. The molecule has 3 rings (SSSR count). The largest absolute Gasteiger partial charge is 0.497 e. The van der Waals surface area contributed by atoms with Crippen LogP contribution in [0.3, 0.4) is 0 Å². The number of methoxy groups -OCH3 is 1. The third-order valence-electron chi connectivity index (χ3n) is 4.04. The van der Waals surface area contributed by atoms with E-state index in [1.165, 1.54) is 5.56 Å². The fourth-order valence-corrected chi connectivity index (χ4v) is 2.82. The minimum absolute atomic E-state index is 0.0136. The molecule has 0 bridgehead atoms. The highest BCUT2D eigenvalue weighted by Crippen LogP contribution is 2.33. The molecule has 0 fully saturated rings. The van der Waals surface area contributed by atoms with E-state index in [4.69, 9.17) is 4.74 Å². The Kier molecular flexibility index (Phi) is 3.67. The highest BCUT2D eigenvalue weighted by atomic mass is 16.5. The molecule has 0 saturated carbocycles. The number of rotatable bonds is 4. The van der Waals surface area contributed by atoms with Gasteiger partial charge in [0.05, 0.1) is 13.7 Å². The Morgan fingerprint density at radius 1 is 1.14 bits per heavy atom. The van der Waals surface area contributed by atoms with Crippen LogP contribution >= 0.6 is 0 Å². The lowest BCUT2D eigenvalue weighted by Gasteiger charge is -2.12. The molecule has 0 aliphatic carbocycles. The Labute approximate surface area is 124 Å². The van der Waals surface area contributed by atoms with Crippen LogP contribution in [0.15, 0.2) is 48.5 Å². The number of ether oxygens (including phenoxy) is 1. The van der Waals surface area contributed by atoms with Crippen LogP contribution in [0.2, 0.25) is 0 Å².